The monoisotopic (exact) mass is 253 g/mol. The maximum Gasteiger partial charge on any atom is 0.120 e. The van der Waals surface area contributed by atoms with E-state index in [0.717, 1.165) is 47.8 Å². The second-order valence-corrected chi connectivity index (χ2v) is 5.55. The Morgan fingerprint density at radius 3 is 2.24 bits per heavy atom. The van der Waals surface area contributed by atoms with Crippen molar-refractivity contribution in [2.45, 2.75) is 39.2 Å². The van der Waals surface area contributed by atoms with Gasteiger partial charge in [0.1, 0.15) is 11.4 Å². The second kappa shape index (κ2) is 4.87. The van der Waals surface area contributed by atoms with Gasteiger partial charge in [0.25, 0.3) is 0 Å². The van der Waals surface area contributed by atoms with Crippen molar-refractivity contribution in [3.05, 3.63) is 28.3 Å². The van der Waals surface area contributed by atoms with Gasteiger partial charge in [-0.25, -0.2) is 0 Å². The zero-order chi connectivity index (χ0) is 12.5. The fraction of sp³-hybridized carbons (Fsp3) is 0.571. The number of rotatable bonds is 2. The summed E-state index contributed by atoms with van der Waals surface area (Å²) in [5.41, 5.74) is 2.12. The van der Waals surface area contributed by atoms with Gasteiger partial charge < -0.3 is 10.1 Å². The van der Waals surface area contributed by atoms with E-state index < -0.39 is 0 Å². The van der Waals surface area contributed by atoms with Gasteiger partial charge in [-0.15, -0.1) is 0 Å². The van der Waals surface area contributed by atoms with Crippen LogP contribution in [0.2, 0.25) is 5.02 Å². The van der Waals surface area contributed by atoms with Crippen LogP contribution in [0, 0.1) is 13.8 Å². The second-order valence-electron chi connectivity index (χ2n) is 5.17. The molecule has 1 aliphatic heterocycles. The smallest absolute Gasteiger partial charge is 0.120 e. The number of hydrogen-bond acceptors (Lipinski definition) is 2. The summed E-state index contributed by atoms with van der Waals surface area (Å²) in [5.74, 6) is 0.939. The number of benzene rings is 1. The lowest BCUT2D eigenvalue weighted by molar-refractivity contribution is 0.0555. The van der Waals surface area contributed by atoms with Gasteiger partial charge in [0.15, 0.2) is 0 Å². The molecule has 2 rings (SSSR count). The molecule has 1 N–H and O–H groups in total. The molecule has 1 aliphatic rings. The Kier molecular flexibility index (Phi) is 3.64. The molecule has 0 bridgehead atoms. The van der Waals surface area contributed by atoms with E-state index in [2.05, 4.69) is 12.2 Å². The summed E-state index contributed by atoms with van der Waals surface area (Å²) in [6, 6.07) is 4.06. The minimum atomic E-state index is -0.0437. The molecule has 1 aromatic rings. The first-order valence-corrected chi connectivity index (χ1v) is 6.54. The number of aryl methyl sites for hydroxylation is 2. The van der Waals surface area contributed by atoms with E-state index in [1.54, 1.807) is 0 Å². The Balaban J connectivity index is 2.18. The van der Waals surface area contributed by atoms with Crippen molar-refractivity contribution < 1.29 is 4.74 Å². The molecular weight excluding hydrogens is 234 g/mol. The molecule has 0 amide bonds. The lowest BCUT2D eigenvalue weighted by Gasteiger charge is -2.35. The van der Waals surface area contributed by atoms with Crippen LogP contribution in [0.3, 0.4) is 0 Å². The molecule has 1 saturated heterocycles. The van der Waals surface area contributed by atoms with Crippen LogP contribution in [0.15, 0.2) is 12.1 Å². The molecule has 0 aromatic heterocycles. The number of nitrogens with one attached hydrogen (secondary N) is 1. The zero-order valence-electron chi connectivity index (χ0n) is 10.8. The van der Waals surface area contributed by atoms with Crippen LogP contribution < -0.4 is 10.1 Å². The highest BCUT2D eigenvalue weighted by Crippen LogP contribution is 2.30. The molecule has 17 heavy (non-hydrogen) atoms. The molecule has 3 heteroatoms. The third-order valence-corrected chi connectivity index (χ3v) is 4.03. The van der Waals surface area contributed by atoms with E-state index >= 15 is 0 Å². The fourth-order valence-electron chi connectivity index (χ4n) is 2.31. The third-order valence-electron chi connectivity index (χ3n) is 3.44. The average Bonchev–Trinajstić information content (AvgIpc) is 2.26. The summed E-state index contributed by atoms with van der Waals surface area (Å²) < 4.78 is 6.16. The Bertz CT molecular complexity index is 388. The maximum absolute atomic E-state index is 6.16. The van der Waals surface area contributed by atoms with Gasteiger partial charge in [-0.1, -0.05) is 11.6 Å². The number of piperidine rings is 1. The molecule has 0 radical (unpaired) electrons. The van der Waals surface area contributed by atoms with Crippen molar-refractivity contribution in [3.63, 3.8) is 0 Å². The maximum atomic E-state index is 6.16. The van der Waals surface area contributed by atoms with Crippen LogP contribution in [-0.4, -0.2) is 18.7 Å². The zero-order valence-corrected chi connectivity index (χ0v) is 11.5. The van der Waals surface area contributed by atoms with Gasteiger partial charge in [-0.3, -0.25) is 0 Å². The summed E-state index contributed by atoms with van der Waals surface area (Å²) >= 11 is 6.16. The normalized spacial score (nSPS) is 19.1. The molecule has 94 valence electrons. The van der Waals surface area contributed by atoms with Crippen molar-refractivity contribution >= 4 is 11.6 Å². The number of halogens is 1. The molecule has 0 aliphatic carbocycles. The van der Waals surface area contributed by atoms with E-state index in [1.807, 2.05) is 26.0 Å². The van der Waals surface area contributed by atoms with E-state index in [1.165, 1.54) is 0 Å². The van der Waals surface area contributed by atoms with E-state index in [9.17, 15) is 0 Å². The highest BCUT2D eigenvalue weighted by molar-refractivity contribution is 6.32. The first kappa shape index (κ1) is 12.7. The Morgan fingerprint density at radius 1 is 1.18 bits per heavy atom. The molecule has 0 atom stereocenters. The molecule has 0 unspecified atom stereocenters. The highest BCUT2D eigenvalue weighted by Gasteiger charge is 2.28. The molecule has 1 aromatic carbocycles. The van der Waals surface area contributed by atoms with Crippen LogP contribution >= 0.6 is 11.6 Å². The summed E-state index contributed by atoms with van der Waals surface area (Å²) in [7, 11) is 0. The predicted octanol–water partition coefficient (Wildman–Crippen LogP) is 3.48. The lowest BCUT2D eigenvalue weighted by atomic mass is 9.94. The summed E-state index contributed by atoms with van der Waals surface area (Å²) in [5, 5.41) is 4.20. The summed E-state index contributed by atoms with van der Waals surface area (Å²) in [6.07, 6.45) is 2.10. The lowest BCUT2D eigenvalue weighted by Crippen LogP contribution is -2.43. The minimum absolute atomic E-state index is 0.0437. The molecule has 0 spiro atoms. The van der Waals surface area contributed by atoms with Gasteiger partial charge in [0, 0.05) is 5.02 Å². The van der Waals surface area contributed by atoms with E-state index in [-0.39, 0.29) is 5.60 Å². The van der Waals surface area contributed by atoms with Crippen molar-refractivity contribution in [1.82, 2.24) is 5.32 Å². The van der Waals surface area contributed by atoms with Crippen LogP contribution in [0.4, 0.5) is 0 Å². The number of ether oxygens (including phenoxy) is 1. The van der Waals surface area contributed by atoms with E-state index in [4.69, 9.17) is 16.3 Å². The van der Waals surface area contributed by atoms with Crippen molar-refractivity contribution in [2.75, 3.05) is 13.1 Å². The van der Waals surface area contributed by atoms with Gasteiger partial charge in [0.2, 0.25) is 0 Å². The largest absolute Gasteiger partial charge is 0.487 e. The Hall–Kier alpha value is -0.730. The minimum Gasteiger partial charge on any atom is -0.487 e. The van der Waals surface area contributed by atoms with Crippen LogP contribution in [0.5, 0.6) is 5.75 Å². The molecule has 1 heterocycles. The quantitative estimate of drug-likeness (QED) is 0.871. The summed E-state index contributed by atoms with van der Waals surface area (Å²) in [4.78, 5) is 0. The first-order valence-electron chi connectivity index (χ1n) is 6.17. The average molecular weight is 254 g/mol. The van der Waals surface area contributed by atoms with E-state index in [0.29, 0.717) is 0 Å². The van der Waals surface area contributed by atoms with Crippen LogP contribution in [0.25, 0.3) is 0 Å². The first-order chi connectivity index (χ1) is 8.00. The highest BCUT2D eigenvalue weighted by atomic mass is 35.5. The fourth-order valence-corrected chi connectivity index (χ4v) is 2.42. The standard InChI is InChI=1S/C14H20ClNO/c1-10-8-12(9-11(2)13(10)15)17-14(3)4-6-16-7-5-14/h8-9,16H,4-7H2,1-3H3. The van der Waals surface area contributed by atoms with Crippen molar-refractivity contribution in [3.8, 4) is 5.75 Å². The molecular formula is C14H20ClNO. The Labute approximate surface area is 108 Å². The SMILES string of the molecule is Cc1cc(OC2(C)CCNCC2)cc(C)c1Cl. The third kappa shape index (κ3) is 2.93. The topological polar surface area (TPSA) is 21.3 Å². The predicted molar refractivity (Wildman–Crippen MR) is 72.1 cm³/mol. The number of hydrogen-bond donors (Lipinski definition) is 1. The van der Waals surface area contributed by atoms with Crippen molar-refractivity contribution in [1.29, 1.82) is 0 Å². The van der Waals surface area contributed by atoms with Crippen LogP contribution in [0.1, 0.15) is 30.9 Å². The molecule has 0 saturated carbocycles. The molecule has 2 nitrogen and oxygen atoms in total. The van der Waals surface area contributed by atoms with Crippen molar-refractivity contribution in [2.24, 2.45) is 0 Å². The van der Waals surface area contributed by atoms with Gasteiger partial charge in [-0.05, 0) is 70.0 Å². The van der Waals surface area contributed by atoms with Gasteiger partial charge in [0.05, 0.1) is 0 Å². The summed E-state index contributed by atoms with van der Waals surface area (Å²) in [6.45, 7) is 8.29. The molecule has 1 fully saturated rings. The Morgan fingerprint density at radius 2 is 1.71 bits per heavy atom. The van der Waals surface area contributed by atoms with Gasteiger partial charge >= 0.3 is 0 Å². The van der Waals surface area contributed by atoms with Crippen LogP contribution in [-0.2, 0) is 0 Å². The van der Waals surface area contributed by atoms with Gasteiger partial charge in [-0.2, -0.15) is 0 Å².